The zero-order chi connectivity index (χ0) is 12.0. The van der Waals surface area contributed by atoms with E-state index in [-0.39, 0.29) is 11.3 Å². The van der Waals surface area contributed by atoms with E-state index in [2.05, 4.69) is 10.1 Å². The van der Waals surface area contributed by atoms with E-state index in [1.807, 2.05) is 6.07 Å². The molecule has 0 aromatic heterocycles. The van der Waals surface area contributed by atoms with Crippen LogP contribution in [0.1, 0.15) is 39.1 Å². The van der Waals surface area contributed by atoms with Gasteiger partial charge in [0.05, 0.1) is 12.7 Å². The van der Waals surface area contributed by atoms with Crippen LogP contribution in [0.2, 0.25) is 0 Å². The summed E-state index contributed by atoms with van der Waals surface area (Å²) in [6.45, 7) is 0.719. The number of nitrogens with one attached hydrogen (secondary N) is 1. The molecule has 1 fully saturated rings. The third-order valence-corrected chi connectivity index (χ3v) is 3.70. The maximum absolute atomic E-state index is 11.8. The third kappa shape index (κ3) is 1.44. The summed E-state index contributed by atoms with van der Waals surface area (Å²) in [6, 6.07) is 5.27. The monoisotopic (exact) mass is 231 g/mol. The van der Waals surface area contributed by atoms with E-state index in [1.165, 1.54) is 7.11 Å². The van der Waals surface area contributed by atoms with Gasteiger partial charge in [0.15, 0.2) is 0 Å². The first kappa shape index (κ1) is 10.3. The van der Waals surface area contributed by atoms with Crippen LogP contribution in [0.15, 0.2) is 18.2 Å². The van der Waals surface area contributed by atoms with E-state index in [0.29, 0.717) is 11.1 Å². The normalized spacial score (nSPS) is 19.5. The number of methoxy groups -OCH3 is 1. The number of hydrogen-bond acceptors (Lipinski definition) is 3. The van der Waals surface area contributed by atoms with Crippen molar-refractivity contribution >= 4 is 11.9 Å². The lowest BCUT2D eigenvalue weighted by molar-refractivity contribution is 0.0600. The Balaban J connectivity index is 2.10. The van der Waals surface area contributed by atoms with Gasteiger partial charge in [-0.1, -0.05) is 6.07 Å². The van der Waals surface area contributed by atoms with Gasteiger partial charge in [-0.05, 0) is 30.5 Å². The molecule has 4 nitrogen and oxygen atoms in total. The SMILES string of the molecule is COC(=O)c1ccc2c(c1)C(=O)NCC21CC1. The fraction of sp³-hybridized carbons (Fsp3) is 0.385. The Labute approximate surface area is 99.0 Å². The maximum Gasteiger partial charge on any atom is 0.337 e. The highest BCUT2D eigenvalue weighted by molar-refractivity contribution is 6.00. The minimum atomic E-state index is -0.406. The highest BCUT2D eigenvalue weighted by Crippen LogP contribution is 2.50. The molecule has 1 aliphatic carbocycles. The largest absolute Gasteiger partial charge is 0.465 e. The molecule has 88 valence electrons. The molecule has 1 aromatic carbocycles. The number of amides is 1. The second kappa shape index (κ2) is 3.32. The fourth-order valence-corrected chi connectivity index (χ4v) is 2.48. The molecule has 0 bridgehead atoms. The number of esters is 1. The summed E-state index contributed by atoms with van der Waals surface area (Å²) in [5.74, 6) is -0.501. The van der Waals surface area contributed by atoms with Gasteiger partial charge in [0.25, 0.3) is 5.91 Å². The second-order valence-electron chi connectivity index (χ2n) is 4.71. The lowest BCUT2D eigenvalue weighted by atomic mass is 9.86. The van der Waals surface area contributed by atoms with Crippen LogP contribution in [-0.2, 0) is 10.2 Å². The Morgan fingerprint density at radius 3 is 2.82 bits per heavy atom. The van der Waals surface area contributed by atoms with Gasteiger partial charge >= 0.3 is 5.97 Å². The first-order valence-electron chi connectivity index (χ1n) is 5.67. The van der Waals surface area contributed by atoms with Crippen LogP contribution >= 0.6 is 0 Å². The molecular formula is C13H13NO3. The molecule has 1 spiro atoms. The van der Waals surface area contributed by atoms with E-state index in [1.54, 1.807) is 12.1 Å². The molecule has 1 N–H and O–H groups in total. The maximum atomic E-state index is 11.8. The lowest BCUT2D eigenvalue weighted by Gasteiger charge is -2.25. The highest BCUT2D eigenvalue weighted by Gasteiger charge is 2.48. The number of hydrogen-bond donors (Lipinski definition) is 1. The van der Waals surface area contributed by atoms with Crippen molar-refractivity contribution in [3.8, 4) is 0 Å². The molecule has 1 saturated carbocycles. The van der Waals surface area contributed by atoms with Gasteiger partial charge < -0.3 is 10.1 Å². The van der Waals surface area contributed by atoms with Gasteiger partial charge in [0.1, 0.15) is 0 Å². The number of rotatable bonds is 1. The first-order chi connectivity index (χ1) is 8.16. The second-order valence-corrected chi connectivity index (χ2v) is 4.71. The number of fused-ring (bicyclic) bond motifs is 2. The standard InChI is InChI=1S/C13H13NO3/c1-17-12(16)8-2-3-10-9(6-8)11(15)14-7-13(10)4-5-13/h2-3,6H,4-5,7H2,1H3,(H,14,15). The molecule has 2 aliphatic rings. The van der Waals surface area contributed by atoms with Crippen LogP contribution < -0.4 is 5.32 Å². The van der Waals surface area contributed by atoms with Crippen molar-refractivity contribution in [3.05, 3.63) is 34.9 Å². The summed E-state index contributed by atoms with van der Waals surface area (Å²) >= 11 is 0. The van der Waals surface area contributed by atoms with Crippen molar-refractivity contribution in [2.75, 3.05) is 13.7 Å². The molecule has 1 aliphatic heterocycles. The zero-order valence-electron chi connectivity index (χ0n) is 9.58. The first-order valence-corrected chi connectivity index (χ1v) is 5.67. The van der Waals surface area contributed by atoms with E-state index < -0.39 is 5.97 Å². The van der Waals surface area contributed by atoms with E-state index in [4.69, 9.17) is 0 Å². The molecule has 17 heavy (non-hydrogen) atoms. The number of benzene rings is 1. The van der Waals surface area contributed by atoms with Crippen molar-refractivity contribution in [1.29, 1.82) is 0 Å². The van der Waals surface area contributed by atoms with Crippen LogP contribution in [0.3, 0.4) is 0 Å². The van der Waals surface area contributed by atoms with E-state index >= 15 is 0 Å². The zero-order valence-corrected chi connectivity index (χ0v) is 9.58. The fourth-order valence-electron chi connectivity index (χ4n) is 2.48. The summed E-state index contributed by atoms with van der Waals surface area (Å²) in [6.07, 6.45) is 2.22. The molecule has 0 saturated heterocycles. The molecule has 0 radical (unpaired) electrons. The Bertz CT molecular complexity index is 517. The predicted octanol–water partition coefficient (Wildman–Crippen LogP) is 1.25. The molecule has 0 unspecified atom stereocenters. The quantitative estimate of drug-likeness (QED) is 0.740. The van der Waals surface area contributed by atoms with Crippen LogP contribution in [0.25, 0.3) is 0 Å². The van der Waals surface area contributed by atoms with Crippen LogP contribution in [0.5, 0.6) is 0 Å². The van der Waals surface area contributed by atoms with Crippen molar-refractivity contribution in [2.24, 2.45) is 0 Å². The average molecular weight is 231 g/mol. The minimum absolute atomic E-state index is 0.0942. The Hall–Kier alpha value is -1.84. The minimum Gasteiger partial charge on any atom is -0.465 e. The summed E-state index contributed by atoms with van der Waals surface area (Å²) in [4.78, 5) is 23.2. The van der Waals surface area contributed by atoms with Crippen molar-refractivity contribution in [1.82, 2.24) is 5.32 Å². The molecule has 1 aromatic rings. The molecular weight excluding hydrogens is 218 g/mol. The summed E-state index contributed by atoms with van der Waals surface area (Å²) in [7, 11) is 1.34. The highest BCUT2D eigenvalue weighted by atomic mass is 16.5. The average Bonchev–Trinajstić information content (AvgIpc) is 3.14. The topological polar surface area (TPSA) is 55.4 Å². The number of carbonyl (C=O) groups is 2. The Morgan fingerprint density at radius 1 is 1.41 bits per heavy atom. The van der Waals surface area contributed by atoms with Gasteiger partial charge in [0, 0.05) is 17.5 Å². The summed E-state index contributed by atoms with van der Waals surface area (Å²) in [5, 5.41) is 2.88. The number of carbonyl (C=O) groups excluding carboxylic acids is 2. The summed E-state index contributed by atoms with van der Waals surface area (Å²) < 4.78 is 4.66. The molecule has 0 atom stereocenters. The van der Waals surface area contributed by atoms with Crippen molar-refractivity contribution in [3.63, 3.8) is 0 Å². The van der Waals surface area contributed by atoms with Gasteiger partial charge in [-0.3, -0.25) is 4.79 Å². The summed E-state index contributed by atoms with van der Waals surface area (Å²) in [5.41, 5.74) is 2.27. The molecule has 4 heteroatoms. The van der Waals surface area contributed by atoms with Gasteiger partial charge in [0.2, 0.25) is 0 Å². The van der Waals surface area contributed by atoms with Crippen molar-refractivity contribution in [2.45, 2.75) is 18.3 Å². The van der Waals surface area contributed by atoms with Crippen LogP contribution in [0, 0.1) is 0 Å². The third-order valence-electron chi connectivity index (χ3n) is 3.70. The number of ether oxygens (including phenoxy) is 1. The van der Waals surface area contributed by atoms with E-state index in [0.717, 1.165) is 24.9 Å². The predicted molar refractivity (Wildman–Crippen MR) is 61.0 cm³/mol. The molecule has 1 heterocycles. The van der Waals surface area contributed by atoms with Crippen LogP contribution in [0.4, 0.5) is 0 Å². The lowest BCUT2D eigenvalue weighted by Crippen LogP contribution is -2.39. The Morgan fingerprint density at radius 2 is 2.18 bits per heavy atom. The van der Waals surface area contributed by atoms with Crippen LogP contribution in [-0.4, -0.2) is 25.5 Å². The molecule has 1 amide bonds. The van der Waals surface area contributed by atoms with Gasteiger partial charge in [-0.15, -0.1) is 0 Å². The van der Waals surface area contributed by atoms with E-state index in [9.17, 15) is 9.59 Å². The molecule has 3 rings (SSSR count). The Kier molecular flexibility index (Phi) is 2.02. The van der Waals surface area contributed by atoms with Crippen molar-refractivity contribution < 1.29 is 14.3 Å². The van der Waals surface area contributed by atoms with Gasteiger partial charge in [-0.25, -0.2) is 4.79 Å². The smallest absolute Gasteiger partial charge is 0.337 e. The van der Waals surface area contributed by atoms with Gasteiger partial charge in [-0.2, -0.15) is 0 Å².